The fourth-order valence-electron chi connectivity index (χ4n) is 3.49. The van der Waals surface area contributed by atoms with E-state index >= 15 is 0 Å². The normalized spacial score (nSPS) is 18.0. The largest absolute Gasteiger partial charge is 0.361 e. The van der Waals surface area contributed by atoms with Crippen molar-refractivity contribution in [2.75, 3.05) is 13.1 Å². The zero-order valence-corrected chi connectivity index (χ0v) is 15.3. The Hall–Kier alpha value is -2.21. The van der Waals surface area contributed by atoms with Crippen molar-refractivity contribution in [3.05, 3.63) is 46.3 Å². The molecule has 1 aromatic carbocycles. The second-order valence-corrected chi connectivity index (χ2v) is 7.74. The van der Waals surface area contributed by atoms with E-state index in [0.717, 1.165) is 53.5 Å². The van der Waals surface area contributed by atoms with Crippen LogP contribution in [-0.4, -0.2) is 34.0 Å². The molecule has 0 bridgehead atoms. The summed E-state index contributed by atoms with van der Waals surface area (Å²) in [5, 5.41) is 5.10. The standard InChI is InChI=1S/C19H21N3O2S/c1-12-15(13(2)24-21-12)10-18(23)22-9-5-6-14(11-22)19-20-16-7-3-4-8-17(16)25-19/h3-4,7-8,14H,5-6,9-11H2,1-2H3/t14-/m0/s1. The molecule has 1 aliphatic heterocycles. The Morgan fingerprint density at radius 1 is 1.36 bits per heavy atom. The monoisotopic (exact) mass is 355 g/mol. The Bertz CT molecular complexity index is 862. The van der Waals surface area contributed by atoms with E-state index in [2.05, 4.69) is 17.3 Å². The molecule has 130 valence electrons. The first-order valence-electron chi connectivity index (χ1n) is 8.67. The minimum Gasteiger partial charge on any atom is -0.361 e. The average Bonchev–Trinajstić information content (AvgIpc) is 3.20. The molecule has 2 aromatic heterocycles. The van der Waals surface area contributed by atoms with Crippen LogP contribution in [0.15, 0.2) is 28.8 Å². The molecule has 3 aromatic rings. The molecule has 4 rings (SSSR count). The first-order chi connectivity index (χ1) is 12.1. The number of carbonyl (C=O) groups excluding carboxylic acids is 1. The molecule has 1 saturated heterocycles. The van der Waals surface area contributed by atoms with Crippen molar-refractivity contribution in [2.24, 2.45) is 0 Å². The van der Waals surface area contributed by atoms with Gasteiger partial charge in [0, 0.05) is 24.6 Å². The molecule has 1 amide bonds. The summed E-state index contributed by atoms with van der Waals surface area (Å²) < 4.78 is 6.40. The summed E-state index contributed by atoms with van der Waals surface area (Å²) in [5.41, 5.74) is 2.79. The summed E-state index contributed by atoms with van der Waals surface area (Å²) in [4.78, 5) is 19.5. The Kier molecular flexibility index (Phi) is 4.29. The van der Waals surface area contributed by atoms with Gasteiger partial charge in [-0.3, -0.25) is 4.79 Å². The van der Waals surface area contributed by atoms with Gasteiger partial charge in [-0.25, -0.2) is 4.98 Å². The van der Waals surface area contributed by atoms with Crippen LogP contribution in [0.1, 0.15) is 40.8 Å². The highest BCUT2D eigenvalue weighted by atomic mass is 32.1. The van der Waals surface area contributed by atoms with Crippen molar-refractivity contribution in [3.63, 3.8) is 0 Å². The molecule has 5 nitrogen and oxygen atoms in total. The van der Waals surface area contributed by atoms with E-state index in [1.807, 2.05) is 30.9 Å². The molecule has 0 radical (unpaired) electrons. The van der Waals surface area contributed by atoms with Crippen molar-refractivity contribution in [3.8, 4) is 0 Å². The summed E-state index contributed by atoms with van der Waals surface area (Å²) in [7, 11) is 0. The number of hydrogen-bond acceptors (Lipinski definition) is 5. The Labute approximate surface area is 150 Å². The van der Waals surface area contributed by atoms with Crippen LogP contribution < -0.4 is 0 Å². The van der Waals surface area contributed by atoms with E-state index in [1.54, 1.807) is 11.3 Å². The number of nitrogens with zero attached hydrogens (tertiary/aromatic N) is 3. The number of benzene rings is 1. The van der Waals surface area contributed by atoms with Gasteiger partial charge in [0.15, 0.2) is 0 Å². The lowest BCUT2D eigenvalue weighted by Gasteiger charge is -2.32. The zero-order valence-electron chi connectivity index (χ0n) is 14.5. The number of carbonyl (C=O) groups is 1. The van der Waals surface area contributed by atoms with Gasteiger partial charge in [0.25, 0.3) is 0 Å². The first-order valence-corrected chi connectivity index (χ1v) is 9.48. The maximum absolute atomic E-state index is 12.8. The smallest absolute Gasteiger partial charge is 0.227 e. The van der Waals surface area contributed by atoms with Gasteiger partial charge in [-0.1, -0.05) is 17.3 Å². The molecule has 1 atom stereocenters. The fourth-order valence-corrected chi connectivity index (χ4v) is 4.58. The quantitative estimate of drug-likeness (QED) is 0.716. The van der Waals surface area contributed by atoms with Crippen LogP contribution in [0.25, 0.3) is 10.2 Å². The third-order valence-corrected chi connectivity index (χ3v) is 6.14. The van der Waals surface area contributed by atoms with Gasteiger partial charge in [-0.05, 0) is 38.8 Å². The minimum absolute atomic E-state index is 0.153. The van der Waals surface area contributed by atoms with Gasteiger partial charge in [-0.2, -0.15) is 0 Å². The molecule has 3 heterocycles. The van der Waals surface area contributed by atoms with Gasteiger partial charge in [-0.15, -0.1) is 11.3 Å². The summed E-state index contributed by atoms with van der Waals surface area (Å²) in [6, 6.07) is 8.23. The third-order valence-electron chi connectivity index (χ3n) is 4.94. The van der Waals surface area contributed by atoms with Gasteiger partial charge >= 0.3 is 0 Å². The molecule has 1 fully saturated rings. The topological polar surface area (TPSA) is 59.2 Å². The Morgan fingerprint density at radius 2 is 2.20 bits per heavy atom. The molecular formula is C19H21N3O2S. The highest BCUT2D eigenvalue weighted by molar-refractivity contribution is 7.18. The predicted octanol–water partition coefficient (Wildman–Crippen LogP) is 3.85. The molecule has 0 spiro atoms. The number of amides is 1. The molecule has 1 aliphatic rings. The summed E-state index contributed by atoms with van der Waals surface area (Å²) >= 11 is 1.75. The van der Waals surface area contributed by atoms with Gasteiger partial charge in [0.1, 0.15) is 5.76 Å². The highest BCUT2D eigenvalue weighted by Crippen LogP contribution is 2.33. The summed E-state index contributed by atoms with van der Waals surface area (Å²) in [6.07, 6.45) is 2.48. The molecule has 25 heavy (non-hydrogen) atoms. The van der Waals surface area contributed by atoms with Crippen molar-refractivity contribution < 1.29 is 9.32 Å². The maximum Gasteiger partial charge on any atom is 0.227 e. The summed E-state index contributed by atoms with van der Waals surface area (Å²) in [5.74, 6) is 1.23. The van der Waals surface area contributed by atoms with Crippen LogP contribution >= 0.6 is 11.3 Å². The van der Waals surface area contributed by atoms with E-state index < -0.39 is 0 Å². The predicted molar refractivity (Wildman–Crippen MR) is 97.9 cm³/mol. The van der Waals surface area contributed by atoms with Crippen LogP contribution in [0.2, 0.25) is 0 Å². The number of piperidine rings is 1. The third kappa shape index (κ3) is 3.18. The SMILES string of the molecule is Cc1noc(C)c1CC(=O)N1CCC[C@H](c2nc3ccccc3s2)C1. The van der Waals surface area contributed by atoms with E-state index in [4.69, 9.17) is 9.51 Å². The zero-order chi connectivity index (χ0) is 17.4. The number of aromatic nitrogens is 2. The van der Waals surface area contributed by atoms with Gasteiger partial charge in [0.05, 0.1) is 27.3 Å². The average molecular weight is 355 g/mol. The first kappa shape index (κ1) is 16.3. The van der Waals surface area contributed by atoms with E-state index in [-0.39, 0.29) is 5.91 Å². The highest BCUT2D eigenvalue weighted by Gasteiger charge is 2.27. The maximum atomic E-state index is 12.8. The van der Waals surface area contributed by atoms with Crippen LogP contribution in [-0.2, 0) is 11.2 Å². The van der Waals surface area contributed by atoms with E-state index in [1.165, 1.54) is 4.70 Å². The van der Waals surface area contributed by atoms with Crippen molar-refractivity contribution in [2.45, 2.75) is 39.0 Å². The summed E-state index contributed by atoms with van der Waals surface area (Å²) in [6.45, 7) is 5.33. The molecule has 0 unspecified atom stereocenters. The van der Waals surface area contributed by atoms with Crippen LogP contribution in [0, 0.1) is 13.8 Å². The number of aryl methyl sites for hydroxylation is 2. The lowest BCUT2D eigenvalue weighted by atomic mass is 9.98. The van der Waals surface area contributed by atoms with Crippen LogP contribution in [0.3, 0.4) is 0 Å². The molecule has 6 heteroatoms. The molecule has 0 saturated carbocycles. The van der Waals surface area contributed by atoms with Crippen molar-refractivity contribution in [1.29, 1.82) is 0 Å². The lowest BCUT2D eigenvalue weighted by molar-refractivity contribution is -0.131. The van der Waals surface area contributed by atoms with Crippen molar-refractivity contribution in [1.82, 2.24) is 15.0 Å². The number of likely N-dealkylation sites (tertiary alicyclic amines) is 1. The Morgan fingerprint density at radius 3 is 2.96 bits per heavy atom. The van der Waals surface area contributed by atoms with E-state index in [9.17, 15) is 4.79 Å². The number of rotatable bonds is 3. The second-order valence-electron chi connectivity index (χ2n) is 6.68. The van der Waals surface area contributed by atoms with Crippen LogP contribution in [0.5, 0.6) is 0 Å². The number of hydrogen-bond donors (Lipinski definition) is 0. The second kappa shape index (κ2) is 6.59. The molecule has 0 aliphatic carbocycles. The lowest BCUT2D eigenvalue weighted by Crippen LogP contribution is -2.40. The number of para-hydroxylation sites is 1. The molecule has 0 N–H and O–H groups in total. The van der Waals surface area contributed by atoms with Crippen molar-refractivity contribution >= 4 is 27.5 Å². The van der Waals surface area contributed by atoms with Crippen LogP contribution in [0.4, 0.5) is 0 Å². The number of thiazole rings is 1. The number of fused-ring (bicyclic) bond motifs is 1. The fraction of sp³-hybridized carbons (Fsp3) is 0.421. The molecular weight excluding hydrogens is 334 g/mol. The van der Waals surface area contributed by atoms with Gasteiger partial charge in [0.2, 0.25) is 5.91 Å². The van der Waals surface area contributed by atoms with E-state index in [0.29, 0.717) is 12.3 Å². The minimum atomic E-state index is 0.153. The van der Waals surface area contributed by atoms with Gasteiger partial charge < -0.3 is 9.42 Å². The Balaban J connectivity index is 1.49.